The minimum Gasteiger partial charge on any atom is -0.399 e. The van der Waals surface area contributed by atoms with Crippen LogP contribution in [0.1, 0.15) is 44.2 Å². The van der Waals surface area contributed by atoms with Gasteiger partial charge in [0.1, 0.15) is 5.25 Å². The van der Waals surface area contributed by atoms with Crippen molar-refractivity contribution in [3.05, 3.63) is 77.9 Å². The van der Waals surface area contributed by atoms with Crippen LogP contribution in [0.2, 0.25) is 0 Å². The molecule has 9 N–H and O–H groups in total. The van der Waals surface area contributed by atoms with Crippen LogP contribution in [0.15, 0.2) is 61.2 Å². The maximum Gasteiger partial charge on any atom is 0.328 e. The predicted octanol–water partition coefficient (Wildman–Crippen LogP) is 4.74. The van der Waals surface area contributed by atoms with Gasteiger partial charge in [0.2, 0.25) is 10.0 Å². The third kappa shape index (κ3) is 12.5. The monoisotopic (exact) mass is 525 g/mol. The summed E-state index contributed by atoms with van der Waals surface area (Å²) in [5, 5.41) is 1.49. The quantitative estimate of drug-likeness (QED) is 0.246. The summed E-state index contributed by atoms with van der Waals surface area (Å²) in [5.41, 5.74) is 14.2. The fraction of sp³-hybridized carbons (Fsp3) is 0.318. The topological polar surface area (TPSA) is 162 Å². The van der Waals surface area contributed by atoms with Crippen LogP contribution in [0.5, 0.6) is 0 Å². The molecule has 2 rings (SSSR count). The summed E-state index contributed by atoms with van der Waals surface area (Å²) in [6.45, 7) is 4.23. The van der Waals surface area contributed by atoms with Crippen LogP contribution in [0.25, 0.3) is 0 Å². The Morgan fingerprint density at radius 2 is 1.45 bits per heavy atom. The molecule has 0 heterocycles. The number of nitrogens with one attached hydrogen (secondary N) is 2. The van der Waals surface area contributed by atoms with Gasteiger partial charge in [-0.25, -0.2) is 17.9 Å². The van der Waals surface area contributed by atoms with Crippen LogP contribution in [0.4, 0.5) is 10.5 Å². The molecule has 0 aromatic heterocycles. The van der Waals surface area contributed by atoms with Crippen molar-refractivity contribution in [2.24, 2.45) is 5.73 Å². The lowest BCUT2D eigenvalue weighted by Crippen LogP contribution is -2.41. The Morgan fingerprint density at radius 1 is 0.970 bits per heavy atom. The molecule has 0 spiro atoms. The van der Waals surface area contributed by atoms with Crippen LogP contribution in [0.3, 0.4) is 0 Å². The first-order valence-electron chi connectivity index (χ1n) is 8.41. The lowest BCUT2D eigenvalue weighted by molar-refractivity contribution is 0.246. The number of nitrogen functional groups attached to an aromatic ring is 1. The first kappa shape index (κ1) is 41.0. The van der Waals surface area contributed by atoms with Crippen molar-refractivity contribution < 1.29 is 13.2 Å². The molecule has 0 fully saturated rings. The van der Waals surface area contributed by atoms with Gasteiger partial charge < -0.3 is 22.9 Å². The summed E-state index contributed by atoms with van der Waals surface area (Å²) < 4.78 is 27.1. The van der Waals surface area contributed by atoms with Gasteiger partial charge in [-0.2, -0.15) is 0 Å². The van der Waals surface area contributed by atoms with Crippen LogP contribution < -0.4 is 27.7 Å². The van der Waals surface area contributed by atoms with E-state index in [-0.39, 0.29) is 59.8 Å². The van der Waals surface area contributed by atoms with Crippen LogP contribution in [0, 0.1) is 0 Å². The van der Waals surface area contributed by atoms with E-state index in [4.69, 9.17) is 11.5 Å². The predicted molar refractivity (Wildman–Crippen MR) is 147 cm³/mol. The van der Waals surface area contributed by atoms with Gasteiger partial charge in [0, 0.05) is 18.8 Å². The van der Waals surface area contributed by atoms with Crippen molar-refractivity contribution in [1.29, 1.82) is 0 Å². The van der Waals surface area contributed by atoms with Crippen molar-refractivity contribution in [1.82, 2.24) is 16.2 Å². The molecule has 11 heteroatoms. The fourth-order valence-electron chi connectivity index (χ4n) is 2.52. The highest BCUT2D eigenvalue weighted by Crippen LogP contribution is 2.23. The molecule has 33 heavy (non-hydrogen) atoms. The number of halogens is 2. The molecule has 2 aromatic carbocycles. The van der Waals surface area contributed by atoms with E-state index in [2.05, 4.69) is 11.9 Å². The summed E-state index contributed by atoms with van der Waals surface area (Å²) in [6, 6.07) is 13.3. The molecule has 0 saturated heterocycles. The number of benzene rings is 2. The molecule has 0 aliphatic heterocycles. The summed E-state index contributed by atoms with van der Waals surface area (Å²) in [6.07, 6.45) is 1.83. The van der Waals surface area contributed by atoms with E-state index in [0.29, 0.717) is 24.2 Å². The SMILES string of the molecule is C.C.C.C=CC(c1ccc(CN)cc1)S(=O)(=O)NC(=O)NCCc1ccc(N)cc1.Cl.Cl.N. The highest BCUT2D eigenvalue weighted by Gasteiger charge is 2.26. The molecule has 0 aliphatic rings. The number of carbonyl (C=O) groups is 1. The second kappa shape index (κ2) is 19.2. The van der Waals surface area contributed by atoms with Crippen LogP contribution in [-0.4, -0.2) is 21.0 Å². The lowest BCUT2D eigenvalue weighted by Gasteiger charge is -2.16. The Hall–Kier alpha value is -2.30. The summed E-state index contributed by atoms with van der Waals surface area (Å²) in [5.74, 6) is 0. The van der Waals surface area contributed by atoms with E-state index in [9.17, 15) is 13.2 Å². The number of carbonyl (C=O) groups excluding carboxylic acids is 1. The van der Waals surface area contributed by atoms with Crippen molar-refractivity contribution in [3.63, 3.8) is 0 Å². The molecule has 192 valence electrons. The summed E-state index contributed by atoms with van der Waals surface area (Å²) >= 11 is 0. The zero-order valence-corrected chi connectivity index (χ0v) is 18.9. The van der Waals surface area contributed by atoms with E-state index in [1.54, 1.807) is 36.4 Å². The van der Waals surface area contributed by atoms with Crippen molar-refractivity contribution in [2.45, 2.75) is 40.5 Å². The van der Waals surface area contributed by atoms with Gasteiger partial charge in [-0.3, -0.25) is 0 Å². The third-order valence-electron chi connectivity index (χ3n) is 4.01. The maximum absolute atomic E-state index is 12.5. The fourth-order valence-corrected chi connectivity index (χ4v) is 3.75. The molecular weight excluding hydrogens is 485 g/mol. The van der Waals surface area contributed by atoms with E-state index in [1.807, 2.05) is 16.9 Å². The third-order valence-corrected chi connectivity index (χ3v) is 5.61. The molecule has 0 radical (unpaired) electrons. The normalized spacial score (nSPS) is 9.97. The average Bonchev–Trinajstić information content (AvgIpc) is 2.64. The Kier molecular flexibility index (Phi) is 23.8. The number of amides is 2. The number of urea groups is 1. The highest BCUT2D eigenvalue weighted by molar-refractivity contribution is 7.90. The summed E-state index contributed by atoms with van der Waals surface area (Å²) in [4.78, 5) is 12.0. The van der Waals surface area contributed by atoms with E-state index in [1.165, 1.54) is 6.08 Å². The largest absolute Gasteiger partial charge is 0.399 e. The molecule has 0 aliphatic carbocycles. The average molecular weight is 527 g/mol. The summed E-state index contributed by atoms with van der Waals surface area (Å²) in [7, 11) is -3.97. The Morgan fingerprint density at radius 3 is 1.91 bits per heavy atom. The number of hydrogen-bond donors (Lipinski definition) is 5. The van der Waals surface area contributed by atoms with Gasteiger partial charge in [-0.1, -0.05) is 64.8 Å². The Bertz CT molecular complexity index is 893. The molecule has 0 bridgehead atoms. The minimum atomic E-state index is -3.97. The van der Waals surface area contributed by atoms with Crippen molar-refractivity contribution >= 4 is 46.6 Å². The molecule has 2 aromatic rings. The minimum absolute atomic E-state index is 0. The zero-order valence-electron chi connectivity index (χ0n) is 16.4. The van der Waals surface area contributed by atoms with Crippen molar-refractivity contribution in [2.75, 3.05) is 12.3 Å². The lowest BCUT2D eigenvalue weighted by atomic mass is 10.1. The number of hydrogen-bond acceptors (Lipinski definition) is 6. The number of nitrogens with two attached hydrogens (primary N) is 2. The first-order chi connectivity index (χ1) is 12.9. The van der Waals surface area contributed by atoms with Gasteiger partial charge in [-0.05, 0) is 35.2 Å². The zero-order chi connectivity index (χ0) is 19.9. The Labute approximate surface area is 212 Å². The first-order valence-corrected chi connectivity index (χ1v) is 9.95. The van der Waals surface area contributed by atoms with Gasteiger partial charge in [0.05, 0.1) is 0 Å². The number of rotatable bonds is 8. The Balaban J connectivity index is -0.000000436. The van der Waals surface area contributed by atoms with E-state index in [0.717, 1.165) is 11.1 Å². The van der Waals surface area contributed by atoms with Gasteiger partial charge in [0.15, 0.2) is 0 Å². The molecule has 1 unspecified atom stereocenters. The van der Waals surface area contributed by atoms with Crippen LogP contribution in [-0.2, 0) is 23.0 Å². The molecule has 1 atom stereocenters. The standard InChI is InChI=1S/C19H24N4O3S.3CH4.2ClH.H3N/c1-2-18(16-7-3-15(13-20)4-8-16)27(25,26)23-19(24)22-12-11-14-5-9-17(21)10-6-14;;;;;;/h2-10,18H,1,11-13,20-21H2,(H2,22,23,24);3*1H4;2*1H;1H3. The van der Waals surface area contributed by atoms with E-state index >= 15 is 0 Å². The van der Waals surface area contributed by atoms with Gasteiger partial charge in [0.25, 0.3) is 0 Å². The van der Waals surface area contributed by atoms with Gasteiger partial charge in [-0.15, -0.1) is 31.4 Å². The van der Waals surface area contributed by atoms with Crippen molar-refractivity contribution in [3.8, 4) is 0 Å². The van der Waals surface area contributed by atoms with Gasteiger partial charge >= 0.3 is 6.03 Å². The highest BCUT2D eigenvalue weighted by atomic mass is 35.5. The van der Waals surface area contributed by atoms with E-state index < -0.39 is 21.3 Å². The smallest absolute Gasteiger partial charge is 0.328 e. The number of sulfonamides is 1. The second-order valence-electron chi connectivity index (χ2n) is 6.00. The molecular formula is C22H41Cl2N5O3S. The van der Waals surface area contributed by atoms with Crippen LogP contribution >= 0.6 is 24.8 Å². The maximum atomic E-state index is 12.5. The molecule has 0 saturated carbocycles. The second-order valence-corrected chi connectivity index (χ2v) is 7.80. The molecule has 8 nitrogen and oxygen atoms in total. The number of anilines is 1. The molecule has 2 amide bonds.